The van der Waals surface area contributed by atoms with E-state index in [4.69, 9.17) is 4.74 Å². The van der Waals surface area contributed by atoms with E-state index in [-0.39, 0.29) is 0 Å². The normalized spacial score (nSPS) is 13.0. The third-order valence-corrected chi connectivity index (χ3v) is 2.89. The van der Waals surface area contributed by atoms with Crippen molar-refractivity contribution in [2.45, 2.75) is 6.42 Å². The second-order valence-electron chi connectivity index (χ2n) is 3.96. The van der Waals surface area contributed by atoms with E-state index in [1.807, 2.05) is 19.2 Å². The Morgan fingerprint density at radius 2 is 2.18 bits per heavy atom. The van der Waals surface area contributed by atoms with E-state index in [1.165, 1.54) is 5.56 Å². The van der Waals surface area contributed by atoms with Crippen LogP contribution in [0.1, 0.15) is 5.56 Å². The second-order valence-corrected chi connectivity index (χ2v) is 3.96. The summed E-state index contributed by atoms with van der Waals surface area (Å²) in [6.45, 7) is 0.781. The van der Waals surface area contributed by atoms with Crippen molar-refractivity contribution in [1.29, 1.82) is 0 Å². The number of anilines is 1. The van der Waals surface area contributed by atoms with Gasteiger partial charge in [0, 0.05) is 19.0 Å². The summed E-state index contributed by atoms with van der Waals surface area (Å²) >= 11 is 0. The van der Waals surface area contributed by atoms with Crippen molar-refractivity contribution in [3.63, 3.8) is 0 Å². The molecule has 0 bridgehead atoms. The maximum absolute atomic E-state index is 5.48. The molecule has 1 aromatic heterocycles. The molecule has 2 aromatic rings. The van der Waals surface area contributed by atoms with Crippen molar-refractivity contribution in [3.05, 3.63) is 36.2 Å². The number of rotatable bonds is 2. The molecule has 0 saturated heterocycles. The highest BCUT2D eigenvalue weighted by molar-refractivity contribution is 5.62. The van der Waals surface area contributed by atoms with Crippen molar-refractivity contribution >= 4 is 5.82 Å². The van der Waals surface area contributed by atoms with Crippen LogP contribution in [-0.4, -0.2) is 23.6 Å². The van der Waals surface area contributed by atoms with Crippen LogP contribution in [0.2, 0.25) is 0 Å². The van der Waals surface area contributed by atoms with Crippen molar-refractivity contribution < 1.29 is 4.74 Å². The quantitative estimate of drug-likeness (QED) is 0.853. The average molecular weight is 227 g/mol. The third-order valence-electron chi connectivity index (χ3n) is 2.89. The number of benzene rings is 1. The van der Waals surface area contributed by atoms with E-state index in [0.717, 1.165) is 35.9 Å². The molecule has 17 heavy (non-hydrogen) atoms. The number of ether oxygens (including phenoxy) is 1. The molecule has 1 aliphatic rings. The largest absolute Gasteiger partial charge is 0.493 e. The number of hydrogen-bond donors (Lipinski definition) is 1. The van der Waals surface area contributed by atoms with Crippen molar-refractivity contribution in [1.82, 2.24) is 9.97 Å². The van der Waals surface area contributed by atoms with Gasteiger partial charge in [-0.15, -0.1) is 0 Å². The lowest BCUT2D eigenvalue weighted by Crippen LogP contribution is -1.94. The molecule has 0 fully saturated rings. The molecule has 0 aliphatic carbocycles. The van der Waals surface area contributed by atoms with Crippen LogP contribution in [0.4, 0.5) is 5.82 Å². The molecule has 4 nitrogen and oxygen atoms in total. The van der Waals surface area contributed by atoms with E-state index in [0.29, 0.717) is 0 Å². The maximum atomic E-state index is 5.48. The SMILES string of the molecule is CNc1cnc(-c2ccc3c(c2)CCO3)cn1. The smallest absolute Gasteiger partial charge is 0.144 e. The van der Waals surface area contributed by atoms with E-state index < -0.39 is 0 Å². The summed E-state index contributed by atoms with van der Waals surface area (Å²) in [4.78, 5) is 8.64. The molecule has 0 saturated carbocycles. The number of hydrogen-bond acceptors (Lipinski definition) is 4. The minimum atomic E-state index is 0.776. The van der Waals surface area contributed by atoms with E-state index in [9.17, 15) is 0 Å². The lowest BCUT2D eigenvalue weighted by atomic mass is 10.1. The summed E-state index contributed by atoms with van der Waals surface area (Å²) in [6, 6.07) is 6.16. The van der Waals surface area contributed by atoms with Gasteiger partial charge in [0.2, 0.25) is 0 Å². The summed E-state index contributed by atoms with van der Waals surface area (Å²) in [7, 11) is 1.83. The highest BCUT2D eigenvalue weighted by Crippen LogP contribution is 2.29. The number of aromatic nitrogens is 2. The monoisotopic (exact) mass is 227 g/mol. The standard InChI is InChI=1S/C13H13N3O/c1-14-13-8-15-11(7-16-13)9-2-3-12-10(6-9)4-5-17-12/h2-3,6-8H,4-5H2,1H3,(H,14,16). The van der Waals surface area contributed by atoms with Crippen molar-refractivity contribution in [2.75, 3.05) is 19.0 Å². The van der Waals surface area contributed by atoms with Gasteiger partial charge in [-0.3, -0.25) is 4.98 Å². The van der Waals surface area contributed by atoms with E-state index in [2.05, 4.69) is 21.4 Å². The number of nitrogens with zero attached hydrogens (tertiary/aromatic N) is 2. The minimum absolute atomic E-state index is 0.776. The molecule has 2 heterocycles. The summed E-state index contributed by atoms with van der Waals surface area (Å²) in [6.07, 6.45) is 4.49. The highest BCUT2D eigenvalue weighted by Gasteiger charge is 2.13. The predicted molar refractivity (Wildman–Crippen MR) is 66.2 cm³/mol. The molecule has 1 aliphatic heterocycles. The average Bonchev–Trinajstić information content (AvgIpc) is 2.86. The molecule has 0 unspecified atom stereocenters. The zero-order valence-corrected chi connectivity index (χ0v) is 9.60. The molecular formula is C13H13N3O. The Morgan fingerprint density at radius 3 is 2.94 bits per heavy atom. The van der Waals surface area contributed by atoms with Gasteiger partial charge in [-0.25, -0.2) is 4.98 Å². The van der Waals surface area contributed by atoms with Gasteiger partial charge < -0.3 is 10.1 Å². The summed E-state index contributed by atoms with van der Waals surface area (Å²) in [5.41, 5.74) is 3.23. The lowest BCUT2D eigenvalue weighted by molar-refractivity contribution is 0.357. The van der Waals surface area contributed by atoms with Crippen LogP contribution in [0.5, 0.6) is 5.75 Å². The van der Waals surface area contributed by atoms with Gasteiger partial charge in [0.1, 0.15) is 11.6 Å². The first kappa shape index (κ1) is 10.1. The van der Waals surface area contributed by atoms with Crippen LogP contribution in [0.15, 0.2) is 30.6 Å². The van der Waals surface area contributed by atoms with Gasteiger partial charge >= 0.3 is 0 Å². The first-order valence-electron chi connectivity index (χ1n) is 5.63. The first-order valence-corrected chi connectivity index (χ1v) is 5.63. The lowest BCUT2D eigenvalue weighted by Gasteiger charge is -2.04. The van der Waals surface area contributed by atoms with Crippen LogP contribution >= 0.6 is 0 Å². The fourth-order valence-electron chi connectivity index (χ4n) is 1.95. The molecule has 0 spiro atoms. The van der Waals surface area contributed by atoms with Crippen LogP contribution in [0, 0.1) is 0 Å². The molecule has 0 radical (unpaired) electrons. The fourth-order valence-corrected chi connectivity index (χ4v) is 1.95. The third kappa shape index (κ3) is 1.82. The Balaban J connectivity index is 1.97. The highest BCUT2D eigenvalue weighted by atomic mass is 16.5. The van der Waals surface area contributed by atoms with Crippen molar-refractivity contribution in [2.24, 2.45) is 0 Å². The van der Waals surface area contributed by atoms with Gasteiger partial charge in [0.05, 0.1) is 24.7 Å². The summed E-state index contributed by atoms with van der Waals surface area (Å²) < 4.78 is 5.48. The maximum Gasteiger partial charge on any atom is 0.144 e. The number of nitrogens with one attached hydrogen (secondary N) is 1. The van der Waals surface area contributed by atoms with Gasteiger partial charge in [0.15, 0.2) is 0 Å². The molecule has 4 heteroatoms. The molecular weight excluding hydrogens is 214 g/mol. The van der Waals surface area contributed by atoms with E-state index >= 15 is 0 Å². The van der Waals surface area contributed by atoms with Gasteiger partial charge in [0.25, 0.3) is 0 Å². The summed E-state index contributed by atoms with van der Waals surface area (Å²) in [5.74, 6) is 1.77. The Hall–Kier alpha value is -2.10. The predicted octanol–water partition coefficient (Wildman–Crippen LogP) is 2.12. The zero-order chi connectivity index (χ0) is 11.7. The Labute approximate surface area is 99.7 Å². The van der Waals surface area contributed by atoms with Gasteiger partial charge in [-0.2, -0.15) is 0 Å². The van der Waals surface area contributed by atoms with Crippen molar-refractivity contribution in [3.8, 4) is 17.0 Å². The molecule has 1 aromatic carbocycles. The Bertz CT molecular complexity index is 537. The zero-order valence-electron chi connectivity index (χ0n) is 9.60. The first-order chi connectivity index (χ1) is 8.36. The summed E-state index contributed by atoms with van der Waals surface area (Å²) in [5, 5.41) is 2.95. The topological polar surface area (TPSA) is 47.0 Å². The molecule has 0 atom stereocenters. The minimum Gasteiger partial charge on any atom is -0.493 e. The van der Waals surface area contributed by atoms with Crippen LogP contribution in [0.25, 0.3) is 11.3 Å². The molecule has 86 valence electrons. The van der Waals surface area contributed by atoms with Gasteiger partial charge in [-0.05, 0) is 23.8 Å². The molecule has 0 amide bonds. The molecule has 1 N–H and O–H groups in total. The molecule has 3 rings (SSSR count). The van der Waals surface area contributed by atoms with E-state index in [1.54, 1.807) is 12.4 Å². The van der Waals surface area contributed by atoms with Crippen LogP contribution in [-0.2, 0) is 6.42 Å². The van der Waals surface area contributed by atoms with Crippen LogP contribution < -0.4 is 10.1 Å². The Kier molecular flexibility index (Phi) is 2.40. The number of fused-ring (bicyclic) bond motifs is 1. The van der Waals surface area contributed by atoms with Gasteiger partial charge in [-0.1, -0.05) is 0 Å². The second kappa shape index (κ2) is 4.05. The Morgan fingerprint density at radius 1 is 1.24 bits per heavy atom. The fraction of sp³-hybridized carbons (Fsp3) is 0.231. The van der Waals surface area contributed by atoms with Crippen LogP contribution in [0.3, 0.4) is 0 Å².